The van der Waals surface area contributed by atoms with Gasteiger partial charge in [-0.05, 0) is 55.1 Å². The lowest BCUT2D eigenvalue weighted by atomic mass is 10.1. The number of fused-ring (bicyclic) bond motifs is 1. The van der Waals surface area contributed by atoms with E-state index in [1.54, 1.807) is 47.0 Å². The van der Waals surface area contributed by atoms with Crippen molar-refractivity contribution in [3.05, 3.63) is 76.7 Å². The van der Waals surface area contributed by atoms with Crippen LogP contribution in [0.2, 0.25) is 0 Å². The first-order valence-electron chi connectivity index (χ1n) is 9.05. The second-order valence-electron chi connectivity index (χ2n) is 6.57. The Labute approximate surface area is 178 Å². The van der Waals surface area contributed by atoms with Crippen molar-refractivity contribution in [3.8, 4) is 0 Å². The predicted octanol–water partition coefficient (Wildman–Crippen LogP) is 5.05. The number of Topliss-reactive ketones (excluding diaryl/α,β-unsaturated/α-hetero) is 1. The van der Waals surface area contributed by atoms with E-state index >= 15 is 0 Å². The van der Waals surface area contributed by atoms with Crippen molar-refractivity contribution in [1.29, 1.82) is 0 Å². The van der Waals surface area contributed by atoms with Crippen molar-refractivity contribution >= 4 is 51.8 Å². The van der Waals surface area contributed by atoms with Crippen molar-refractivity contribution in [2.75, 3.05) is 18.5 Å². The van der Waals surface area contributed by atoms with Crippen LogP contribution >= 0.6 is 23.5 Å². The highest BCUT2D eigenvalue weighted by Crippen LogP contribution is 2.49. The van der Waals surface area contributed by atoms with Gasteiger partial charge >= 0.3 is 0 Å². The highest BCUT2D eigenvalue weighted by Gasteiger charge is 2.38. The molecule has 2 aliphatic heterocycles. The minimum Gasteiger partial charge on any atom is -0.337 e. The number of aliphatic imine (C=N–C) groups is 1. The maximum atomic E-state index is 13.2. The van der Waals surface area contributed by atoms with Gasteiger partial charge in [0.05, 0.1) is 16.4 Å². The van der Waals surface area contributed by atoms with Crippen LogP contribution in [0.15, 0.2) is 81.0 Å². The van der Waals surface area contributed by atoms with Gasteiger partial charge in [-0.2, -0.15) is 0 Å². The SMILES string of the molecule is C=CCN1C(=O)/C(=C2/Sc3ccccc3N2C)SC1=Nc1ccc(C(C)=O)cc1. The lowest BCUT2D eigenvalue weighted by Gasteiger charge is -2.15. The van der Waals surface area contributed by atoms with Crippen LogP contribution in [0.5, 0.6) is 0 Å². The van der Waals surface area contributed by atoms with Gasteiger partial charge in [0, 0.05) is 24.1 Å². The van der Waals surface area contributed by atoms with Crippen molar-refractivity contribution in [2.45, 2.75) is 11.8 Å². The van der Waals surface area contributed by atoms with Gasteiger partial charge in [0.15, 0.2) is 11.0 Å². The minimum atomic E-state index is -0.0730. The van der Waals surface area contributed by atoms with E-state index in [0.717, 1.165) is 15.6 Å². The smallest absolute Gasteiger partial charge is 0.269 e. The first-order chi connectivity index (χ1) is 14.0. The molecule has 0 N–H and O–H groups in total. The molecule has 0 aromatic heterocycles. The molecule has 0 unspecified atom stereocenters. The molecule has 2 heterocycles. The molecule has 1 saturated heterocycles. The second-order valence-corrected chi connectivity index (χ2v) is 8.58. The van der Waals surface area contributed by atoms with Crippen molar-refractivity contribution in [3.63, 3.8) is 0 Å². The highest BCUT2D eigenvalue weighted by molar-refractivity contribution is 8.19. The van der Waals surface area contributed by atoms with Crippen molar-refractivity contribution in [1.82, 2.24) is 4.90 Å². The Balaban J connectivity index is 1.70. The number of thioether (sulfide) groups is 2. The van der Waals surface area contributed by atoms with Crippen LogP contribution in [0.3, 0.4) is 0 Å². The van der Waals surface area contributed by atoms with E-state index in [2.05, 4.69) is 22.5 Å². The summed E-state index contributed by atoms with van der Waals surface area (Å²) in [5.41, 5.74) is 2.42. The first-order valence-corrected chi connectivity index (χ1v) is 10.7. The number of rotatable bonds is 4. The highest BCUT2D eigenvalue weighted by atomic mass is 32.2. The van der Waals surface area contributed by atoms with Crippen LogP contribution < -0.4 is 4.90 Å². The zero-order chi connectivity index (χ0) is 20.5. The van der Waals surface area contributed by atoms with Gasteiger partial charge in [0.25, 0.3) is 5.91 Å². The Kier molecular flexibility index (Phi) is 5.34. The summed E-state index contributed by atoms with van der Waals surface area (Å²) in [6.45, 7) is 5.69. The maximum Gasteiger partial charge on any atom is 0.269 e. The molecule has 0 radical (unpaired) electrons. The molecule has 1 amide bonds. The molecule has 29 heavy (non-hydrogen) atoms. The van der Waals surface area contributed by atoms with E-state index in [1.165, 1.54) is 18.7 Å². The van der Waals surface area contributed by atoms with Crippen LogP contribution in [0.4, 0.5) is 11.4 Å². The molecule has 0 spiro atoms. The molecule has 0 saturated carbocycles. The Hall–Kier alpha value is -2.77. The summed E-state index contributed by atoms with van der Waals surface area (Å²) in [6, 6.07) is 15.2. The molecule has 1 fully saturated rings. The Morgan fingerprint density at radius 1 is 1.14 bits per heavy atom. The second kappa shape index (κ2) is 7.93. The summed E-state index contributed by atoms with van der Waals surface area (Å²) in [5, 5.41) is 1.52. The van der Waals surface area contributed by atoms with Crippen molar-refractivity contribution < 1.29 is 9.59 Å². The first kappa shape index (κ1) is 19.5. The summed E-state index contributed by atoms with van der Waals surface area (Å²) < 4.78 is 0. The molecule has 4 rings (SSSR count). The monoisotopic (exact) mass is 421 g/mol. The third kappa shape index (κ3) is 3.63. The van der Waals surface area contributed by atoms with Crippen LogP contribution in [0, 0.1) is 0 Å². The molecule has 7 heteroatoms. The number of hydrogen-bond acceptors (Lipinski definition) is 6. The number of amides is 1. The molecule has 0 bridgehead atoms. The number of amidine groups is 1. The molecule has 5 nitrogen and oxygen atoms in total. The predicted molar refractivity (Wildman–Crippen MR) is 121 cm³/mol. The average Bonchev–Trinajstić information content (AvgIpc) is 3.20. The fourth-order valence-electron chi connectivity index (χ4n) is 3.09. The zero-order valence-corrected chi connectivity index (χ0v) is 17.7. The molecule has 0 atom stereocenters. The number of benzene rings is 2. The van der Waals surface area contributed by atoms with E-state index in [9.17, 15) is 9.59 Å². The van der Waals surface area contributed by atoms with Crippen LogP contribution in [-0.2, 0) is 4.79 Å². The molecule has 2 aromatic rings. The number of ketones is 1. The van der Waals surface area contributed by atoms with E-state index in [1.807, 2.05) is 25.2 Å². The fourth-order valence-corrected chi connectivity index (χ4v) is 5.44. The van der Waals surface area contributed by atoms with E-state index in [-0.39, 0.29) is 11.7 Å². The number of anilines is 1. The Morgan fingerprint density at radius 3 is 2.52 bits per heavy atom. The minimum absolute atomic E-state index is 0.00999. The largest absolute Gasteiger partial charge is 0.337 e. The summed E-state index contributed by atoms with van der Waals surface area (Å²) in [5.74, 6) is -0.0630. The van der Waals surface area contributed by atoms with Gasteiger partial charge in [-0.3, -0.25) is 14.5 Å². The quantitative estimate of drug-likeness (QED) is 0.393. The standard InChI is InChI=1S/C22H19N3O2S2/c1-4-13-25-20(27)19(21-24(3)17-7-5-6-8-18(17)28-21)29-22(25)23-16-11-9-15(10-12-16)14(2)26/h4-12H,1,13H2,2-3H3/b21-19-,23-22?. The fraction of sp³-hybridized carbons (Fsp3) is 0.136. The number of hydrogen-bond donors (Lipinski definition) is 0. The zero-order valence-electron chi connectivity index (χ0n) is 16.1. The third-order valence-corrected chi connectivity index (χ3v) is 7.04. The topological polar surface area (TPSA) is 53.0 Å². The van der Waals surface area contributed by atoms with Crippen LogP contribution in [0.25, 0.3) is 0 Å². The van der Waals surface area contributed by atoms with E-state index < -0.39 is 0 Å². The lowest BCUT2D eigenvalue weighted by molar-refractivity contribution is -0.121. The summed E-state index contributed by atoms with van der Waals surface area (Å²) in [7, 11) is 1.97. The van der Waals surface area contributed by atoms with E-state index in [4.69, 9.17) is 0 Å². The summed E-state index contributed by atoms with van der Waals surface area (Å²) in [4.78, 5) is 34.8. The van der Waals surface area contributed by atoms with Gasteiger partial charge < -0.3 is 4.90 Å². The summed E-state index contributed by atoms with van der Waals surface area (Å²) in [6.07, 6.45) is 1.70. The third-order valence-electron chi connectivity index (χ3n) is 4.61. The van der Waals surface area contributed by atoms with Gasteiger partial charge in [0.2, 0.25) is 0 Å². The Bertz CT molecular complexity index is 1070. The van der Waals surface area contributed by atoms with Crippen molar-refractivity contribution in [2.24, 2.45) is 4.99 Å². The molecule has 0 aliphatic carbocycles. The van der Waals surface area contributed by atoms with Crippen LogP contribution in [-0.4, -0.2) is 35.4 Å². The number of carbonyl (C=O) groups is 2. The molecule has 146 valence electrons. The molecular weight excluding hydrogens is 402 g/mol. The van der Waals surface area contributed by atoms with E-state index in [0.29, 0.717) is 27.9 Å². The Morgan fingerprint density at radius 2 is 1.86 bits per heavy atom. The summed E-state index contributed by atoms with van der Waals surface area (Å²) >= 11 is 2.97. The number of nitrogens with zero attached hydrogens (tertiary/aromatic N) is 3. The van der Waals surface area contributed by atoms with Gasteiger partial charge in [-0.1, -0.05) is 30.0 Å². The lowest BCUT2D eigenvalue weighted by Crippen LogP contribution is -2.29. The maximum absolute atomic E-state index is 13.2. The van der Waals surface area contributed by atoms with Gasteiger partial charge in [-0.15, -0.1) is 6.58 Å². The molecular formula is C22H19N3O2S2. The number of carbonyl (C=O) groups excluding carboxylic acids is 2. The van der Waals surface area contributed by atoms with Gasteiger partial charge in [0.1, 0.15) is 4.91 Å². The normalized spacial score (nSPS) is 19.8. The number of para-hydroxylation sites is 1. The average molecular weight is 422 g/mol. The molecule has 2 aliphatic rings. The molecule has 2 aromatic carbocycles. The van der Waals surface area contributed by atoms with Gasteiger partial charge in [-0.25, -0.2) is 4.99 Å². The van der Waals surface area contributed by atoms with Crippen LogP contribution in [0.1, 0.15) is 17.3 Å².